The quantitative estimate of drug-likeness (QED) is 0.217. The third-order valence-electron chi connectivity index (χ3n) is 6.40. The number of rotatable bonds is 2. The van der Waals surface area contributed by atoms with Crippen molar-refractivity contribution in [2.24, 2.45) is 0 Å². The van der Waals surface area contributed by atoms with Crippen molar-refractivity contribution in [3.63, 3.8) is 0 Å². The number of fused-ring (bicyclic) bond motifs is 2. The van der Waals surface area contributed by atoms with Gasteiger partial charge in [-0.25, -0.2) is 0 Å². The average molecular weight is 521 g/mol. The predicted molar refractivity (Wildman–Crippen MR) is 136 cm³/mol. The third kappa shape index (κ3) is 3.31. The molecule has 5 nitrogen and oxygen atoms in total. The second-order valence-corrected chi connectivity index (χ2v) is 11.4. The Morgan fingerprint density at radius 2 is 1.33 bits per heavy atom. The fraction of sp³-hybridized carbons (Fsp3) is 0.192. The Morgan fingerprint density at radius 3 is 1.88 bits per heavy atom. The molecule has 3 aromatic rings. The normalized spacial score (nSPS) is 17.3. The van der Waals surface area contributed by atoms with Crippen LogP contribution in [0, 0.1) is 0 Å². The average Bonchev–Trinajstić information content (AvgIpc) is 3.28. The molecule has 0 spiro atoms. The van der Waals surface area contributed by atoms with Crippen LogP contribution in [0.5, 0.6) is 0 Å². The molecule has 0 unspecified atom stereocenters. The maximum absolute atomic E-state index is 12.7. The van der Waals surface area contributed by atoms with E-state index in [1.165, 1.54) is 32.3 Å². The van der Waals surface area contributed by atoms with E-state index in [1.807, 2.05) is 6.07 Å². The first-order valence-electron chi connectivity index (χ1n) is 10.6. The molecule has 0 saturated carbocycles. The van der Waals surface area contributed by atoms with Gasteiger partial charge in [0.25, 0.3) is 0 Å². The SMILES string of the molecule is CN1C(=O)C(=Cc2ccc(N3c4ccccc4C(C)(C)c4ccccc43)[se]2)C(=O)N(C)C1=S. The Balaban J connectivity index is 1.61. The van der Waals surface area contributed by atoms with Crippen LogP contribution >= 0.6 is 12.2 Å². The summed E-state index contributed by atoms with van der Waals surface area (Å²) >= 11 is 5.11. The van der Waals surface area contributed by atoms with Crippen LogP contribution < -0.4 is 4.90 Å². The molecule has 1 fully saturated rings. The molecule has 0 atom stereocenters. The van der Waals surface area contributed by atoms with Gasteiger partial charge in [0.1, 0.15) is 0 Å². The fourth-order valence-electron chi connectivity index (χ4n) is 4.56. The van der Waals surface area contributed by atoms with Gasteiger partial charge in [0.2, 0.25) is 0 Å². The summed E-state index contributed by atoms with van der Waals surface area (Å²) in [6.07, 6.45) is 1.73. The van der Waals surface area contributed by atoms with Crippen LogP contribution in [0.15, 0.2) is 66.2 Å². The van der Waals surface area contributed by atoms with Gasteiger partial charge >= 0.3 is 205 Å². The molecule has 1 aromatic heterocycles. The number of nitrogens with zero attached hydrogens (tertiary/aromatic N) is 3. The Hall–Kier alpha value is -2.99. The Labute approximate surface area is 204 Å². The summed E-state index contributed by atoms with van der Waals surface area (Å²) in [6, 6.07) is 21.2. The van der Waals surface area contributed by atoms with Crippen molar-refractivity contribution < 1.29 is 9.59 Å². The van der Waals surface area contributed by atoms with Crippen LogP contribution in [0.2, 0.25) is 0 Å². The summed E-state index contributed by atoms with van der Waals surface area (Å²) in [4.78, 5) is 30.5. The molecule has 166 valence electrons. The number of thiocarbonyl (C=S) groups is 1. The van der Waals surface area contributed by atoms with Gasteiger partial charge in [-0.3, -0.25) is 0 Å². The minimum absolute atomic E-state index is 0.0790. The minimum atomic E-state index is -0.358. The van der Waals surface area contributed by atoms with Crippen LogP contribution in [-0.2, 0) is 15.0 Å². The van der Waals surface area contributed by atoms with E-state index in [2.05, 4.69) is 73.3 Å². The van der Waals surface area contributed by atoms with Crippen molar-refractivity contribution in [3.05, 3.63) is 81.8 Å². The van der Waals surface area contributed by atoms with Crippen LogP contribution in [0.25, 0.3) is 6.08 Å². The summed E-state index contributed by atoms with van der Waals surface area (Å²) in [5.74, 6) is -0.715. The predicted octanol–water partition coefficient (Wildman–Crippen LogP) is 4.45. The van der Waals surface area contributed by atoms with E-state index >= 15 is 0 Å². The van der Waals surface area contributed by atoms with Crippen molar-refractivity contribution in [2.75, 3.05) is 19.0 Å². The second kappa shape index (κ2) is 7.80. The number of para-hydroxylation sites is 2. The monoisotopic (exact) mass is 521 g/mol. The molecule has 0 N–H and O–H groups in total. The number of hydrogen-bond donors (Lipinski definition) is 0. The van der Waals surface area contributed by atoms with Crippen LogP contribution in [0.4, 0.5) is 15.9 Å². The molecule has 33 heavy (non-hydrogen) atoms. The van der Waals surface area contributed by atoms with E-state index in [9.17, 15) is 9.59 Å². The van der Waals surface area contributed by atoms with Crippen LogP contribution in [0.1, 0.15) is 29.4 Å². The number of carbonyl (C=O) groups is 2. The van der Waals surface area contributed by atoms with Gasteiger partial charge in [-0.2, -0.15) is 0 Å². The molecule has 1 saturated heterocycles. The first-order chi connectivity index (χ1) is 15.7. The molecule has 2 aliphatic heterocycles. The molecule has 2 aliphatic rings. The van der Waals surface area contributed by atoms with Crippen molar-refractivity contribution in [1.82, 2.24) is 9.80 Å². The fourth-order valence-corrected chi connectivity index (χ4v) is 6.78. The first kappa shape index (κ1) is 21.8. The molecule has 0 radical (unpaired) electrons. The number of anilines is 3. The van der Waals surface area contributed by atoms with E-state index in [0.29, 0.717) is 0 Å². The topological polar surface area (TPSA) is 43.9 Å². The van der Waals surface area contributed by atoms with Crippen molar-refractivity contribution in [3.8, 4) is 0 Å². The summed E-state index contributed by atoms with van der Waals surface area (Å²) < 4.78 is 2.14. The van der Waals surface area contributed by atoms with Crippen molar-refractivity contribution in [1.29, 1.82) is 0 Å². The van der Waals surface area contributed by atoms with Gasteiger partial charge in [-0.05, 0) is 0 Å². The zero-order valence-electron chi connectivity index (χ0n) is 18.8. The molecule has 2 amide bonds. The molecule has 3 heterocycles. The number of amides is 2. The summed E-state index contributed by atoms with van der Waals surface area (Å²) in [5.41, 5.74) is 4.94. The van der Waals surface area contributed by atoms with Crippen molar-refractivity contribution >= 4 is 65.7 Å². The van der Waals surface area contributed by atoms with E-state index in [0.717, 1.165) is 9.00 Å². The van der Waals surface area contributed by atoms with Crippen LogP contribution in [0.3, 0.4) is 0 Å². The molecular weight excluding hydrogens is 497 g/mol. The van der Waals surface area contributed by atoms with E-state index in [-0.39, 0.29) is 42.4 Å². The zero-order valence-corrected chi connectivity index (χ0v) is 21.4. The van der Waals surface area contributed by atoms with Gasteiger partial charge in [0, 0.05) is 0 Å². The van der Waals surface area contributed by atoms with Gasteiger partial charge in [-0.1, -0.05) is 0 Å². The summed E-state index contributed by atoms with van der Waals surface area (Å²) in [6.45, 7) is 4.53. The summed E-state index contributed by atoms with van der Waals surface area (Å²) in [5, 5.41) is 0.219. The zero-order chi connectivity index (χ0) is 23.5. The van der Waals surface area contributed by atoms with E-state index in [1.54, 1.807) is 20.2 Å². The Kier molecular flexibility index (Phi) is 5.16. The molecule has 5 rings (SSSR count). The van der Waals surface area contributed by atoms with Crippen molar-refractivity contribution in [2.45, 2.75) is 19.3 Å². The molecule has 0 bridgehead atoms. The molecule has 2 aromatic carbocycles. The van der Waals surface area contributed by atoms with Crippen LogP contribution in [-0.4, -0.2) is 55.3 Å². The standard InChI is InChI=1S/C26H23N3O2SSe/c1-26(2)18-9-5-7-11-20(18)29(21-12-8-6-10-19(21)26)22-14-13-16(33-22)15-17-23(30)27(3)25(32)28(4)24(17)31/h5-15H,1-4H3. The number of benzene rings is 2. The Morgan fingerprint density at radius 1 is 0.818 bits per heavy atom. The number of likely N-dealkylation sites (N-methyl/N-ethyl adjacent to an activating group) is 2. The maximum atomic E-state index is 12.7. The van der Waals surface area contributed by atoms with E-state index in [4.69, 9.17) is 12.2 Å². The van der Waals surface area contributed by atoms with Gasteiger partial charge in [0.15, 0.2) is 0 Å². The number of hydrogen-bond acceptors (Lipinski definition) is 4. The first-order valence-corrected chi connectivity index (χ1v) is 12.7. The molecular formula is C26H23N3O2SSe. The van der Waals surface area contributed by atoms with Gasteiger partial charge < -0.3 is 0 Å². The molecule has 0 aliphatic carbocycles. The van der Waals surface area contributed by atoms with Gasteiger partial charge in [-0.15, -0.1) is 0 Å². The Bertz CT molecular complexity index is 1280. The number of carbonyl (C=O) groups excluding carboxylic acids is 2. The molecule has 7 heteroatoms. The summed E-state index contributed by atoms with van der Waals surface area (Å²) in [7, 11) is 3.20. The van der Waals surface area contributed by atoms with Gasteiger partial charge in [0.05, 0.1) is 0 Å². The third-order valence-corrected chi connectivity index (χ3v) is 9.08. The second-order valence-electron chi connectivity index (χ2n) is 8.74. The van der Waals surface area contributed by atoms with E-state index < -0.39 is 0 Å².